The first kappa shape index (κ1) is 34.6. The van der Waals surface area contributed by atoms with Gasteiger partial charge < -0.3 is 49.6 Å². The number of hydrogen-bond acceptors (Lipinski definition) is 16. The van der Waals surface area contributed by atoms with Crippen LogP contribution in [0.2, 0.25) is 0 Å². The molecule has 2 aliphatic rings. The van der Waals surface area contributed by atoms with Crippen molar-refractivity contribution in [1.82, 2.24) is 28.1 Å². The van der Waals surface area contributed by atoms with E-state index in [1.807, 2.05) is 0 Å². The molecule has 2 atom stereocenters. The predicted molar refractivity (Wildman–Crippen MR) is 164 cm³/mol. The van der Waals surface area contributed by atoms with E-state index in [1.165, 1.54) is 0 Å². The van der Waals surface area contributed by atoms with Crippen LogP contribution in [0.1, 0.15) is 41.5 Å². The van der Waals surface area contributed by atoms with Gasteiger partial charge in [0, 0.05) is 50.3 Å². The van der Waals surface area contributed by atoms with Crippen LogP contribution in [0.5, 0.6) is 11.8 Å². The average molecular weight is 633 g/mol. The van der Waals surface area contributed by atoms with Gasteiger partial charge in [-0.2, -0.15) is 8.75 Å². The molecule has 0 aromatic carbocycles. The van der Waals surface area contributed by atoms with Crippen LogP contribution in [-0.4, -0.2) is 130 Å². The van der Waals surface area contributed by atoms with Gasteiger partial charge in [-0.25, -0.2) is 0 Å². The number of nitrogens with zero attached hydrogens (tertiary/aromatic N) is 6. The Kier molecular flexibility index (Phi) is 13.8. The van der Waals surface area contributed by atoms with Crippen LogP contribution in [0.3, 0.4) is 0 Å². The fraction of sp³-hybridized carbons (Fsp3) is 0.846. The summed E-state index contributed by atoms with van der Waals surface area (Å²) in [5, 5.41) is 26.4. The van der Waals surface area contributed by atoms with Gasteiger partial charge in [0.15, 0.2) is 0 Å². The number of aliphatic hydroxyl groups is 2. The maximum absolute atomic E-state index is 9.95. The van der Waals surface area contributed by atoms with Crippen molar-refractivity contribution in [3.63, 3.8) is 0 Å². The zero-order valence-corrected chi connectivity index (χ0v) is 27.3. The molecule has 4 heterocycles. The highest BCUT2D eigenvalue weighted by Crippen LogP contribution is 2.27. The van der Waals surface area contributed by atoms with Gasteiger partial charge in [0.2, 0.25) is 11.6 Å². The first-order valence-electron chi connectivity index (χ1n) is 14.3. The second kappa shape index (κ2) is 16.8. The molecule has 14 nitrogen and oxygen atoms in total. The number of β-amino-alcohol motifs (C(OH)–C–C–N with tert-alkyl or cyclic N) is 2. The van der Waals surface area contributed by atoms with E-state index in [0.717, 1.165) is 61.3 Å². The highest BCUT2D eigenvalue weighted by molar-refractivity contribution is 6.99. The molecular formula is C26H48N8O6S2. The first-order chi connectivity index (χ1) is 19.9. The summed E-state index contributed by atoms with van der Waals surface area (Å²) >= 11 is 2.25. The van der Waals surface area contributed by atoms with E-state index in [2.05, 4.69) is 79.5 Å². The van der Waals surface area contributed by atoms with E-state index < -0.39 is 12.2 Å². The minimum Gasteiger partial charge on any atom is -0.472 e. The normalized spacial score (nSPS) is 17.8. The molecule has 0 radical (unpaired) electrons. The largest absolute Gasteiger partial charge is 0.472 e. The van der Waals surface area contributed by atoms with Gasteiger partial charge in [-0.1, -0.05) is 0 Å². The molecule has 0 saturated carbocycles. The number of morpholine rings is 2. The molecule has 4 N–H and O–H groups in total. The monoisotopic (exact) mass is 632 g/mol. The molecular weight excluding hydrogens is 584 g/mol. The summed E-state index contributed by atoms with van der Waals surface area (Å²) < 4.78 is 38.8. The Hall–Kier alpha value is -1.92. The predicted octanol–water partition coefficient (Wildman–Crippen LogP) is 1.01. The van der Waals surface area contributed by atoms with Crippen molar-refractivity contribution >= 4 is 35.1 Å². The summed E-state index contributed by atoms with van der Waals surface area (Å²) in [6.45, 7) is 19.6. The Morgan fingerprint density at radius 3 is 1.38 bits per heavy atom. The summed E-state index contributed by atoms with van der Waals surface area (Å²) in [6.07, 6.45) is -1.16. The lowest BCUT2D eigenvalue weighted by molar-refractivity contribution is 0.0974. The van der Waals surface area contributed by atoms with E-state index in [0.29, 0.717) is 51.3 Å². The van der Waals surface area contributed by atoms with Crippen LogP contribution in [0, 0.1) is 0 Å². The standard InChI is InChI=1S/2C13H24N4O3S/c2*1-13(2,3)14-8-10(18)9-20-12-11(15-21-16-12)17-4-6-19-7-5-17/h2*10,14,18H,4-9H2,1-3H3/t2*10-/m00/s1. The van der Waals surface area contributed by atoms with Gasteiger partial charge >= 0.3 is 0 Å². The van der Waals surface area contributed by atoms with Crippen LogP contribution >= 0.6 is 23.5 Å². The lowest BCUT2D eigenvalue weighted by Gasteiger charge is -2.27. The third-order valence-corrected chi connectivity index (χ3v) is 7.07. The zero-order chi connectivity index (χ0) is 30.6. The molecule has 2 saturated heterocycles. The minimum absolute atomic E-state index is 0.0257. The summed E-state index contributed by atoms with van der Waals surface area (Å²) in [6, 6.07) is 0. The number of ether oxygens (including phenoxy) is 4. The molecule has 4 rings (SSSR count). The molecule has 2 fully saturated rings. The molecule has 240 valence electrons. The van der Waals surface area contributed by atoms with Crippen molar-refractivity contribution in [1.29, 1.82) is 0 Å². The average Bonchev–Trinajstić information content (AvgIpc) is 3.63. The molecule has 0 amide bonds. The Bertz CT molecular complexity index is 939. The van der Waals surface area contributed by atoms with Crippen LogP contribution in [0.15, 0.2) is 0 Å². The lowest BCUT2D eigenvalue weighted by Crippen LogP contribution is -2.42. The van der Waals surface area contributed by atoms with Crippen molar-refractivity contribution in [2.24, 2.45) is 0 Å². The smallest absolute Gasteiger partial charge is 0.270 e. The van der Waals surface area contributed by atoms with Crippen molar-refractivity contribution < 1.29 is 29.2 Å². The van der Waals surface area contributed by atoms with E-state index in [9.17, 15) is 10.2 Å². The van der Waals surface area contributed by atoms with E-state index in [-0.39, 0.29) is 24.3 Å². The quantitative estimate of drug-likeness (QED) is 0.262. The number of hydrogen-bond donors (Lipinski definition) is 4. The second-order valence-electron chi connectivity index (χ2n) is 12.2. The van der Waals surface area contributed by atoms with E-state index in [4.69, 9.17) is 18.9 Å². The van der Waals surface area contributed by atoms with Gasteiger partial charge in [-0.3, -0.25) is 0 Å². The fourth-order valence-electron chi connectivity index (χ4n) is 3.79. The van der Waals surface area contributed by atoms with Gasteiger partial charge in [0.25, 0.3) is 11.8 Å². The first-order valence-corrected chi connectivity index (χ1v) is 15.8. The van der Waals surface area contributed by atoms with Gasteiger partial charge in [0.05, 0.1) is 49.9 Å². The number of rotatable bonds is 12. The van der Waals surface area contributed by atoms with Gasteiger partial charge in [0.1, 0.15) is 25.4 Å². The molecule has 0 bridgehead atoms. The highest BCUT2D eigenvalue weighted by atomic mass is 32.1. The Labute approximate surface area is 257 Å². The highest BCUT2D eigenvalue weighted by Gasteiger charge is 2.22. The third kappa shape index (κ3) is 12.8. The van der Waals surface area contributed by atoms with Crippen molar-refractivity contribution in [3.8, 4) is 11.8 Å². The second-order valence-corrected chi connectivity index (χ2v) is 13.2. The maximum Gasteiger partial charge on any atom is 0.270 e. The third-order valence-electron chi connectivity index (χ3n) is 6.07. The molecule has 2 aromatic rings. The van der Waals surface area contributed by atoms with E-state index >= 15 is 0 Å². The summed E-state index contributed by atoms with van der Waals surface area (Å²) in [4.78, 5) is 4.20. The Morgan fingerprint density at radius 2 is 1.05 bits per heavy atom. The number of anilines is 2. The van der Waals surface area contributed by atoms with Crippen molar-refractivity contribution in [2.45, 2.75) is 64.8 Å². The number of aliphatic hydroxyl groups excluding tert-OH is 2. The summed E-state index contributed by atoms with van der Waals surface area (Å²) in [5.41, 5.74) is -0.0513. The Balaban J connectivity index is 0.000000230. The van der Waals surface area contributed by atoms with Crippen LogP contribution in [0.25, 0.3) is 0 Å². The number of aromatic nitrogens is 4. The fourth-order valence-corrected chi connectivity index (χ4v) is 4.83. The lowest BCUT2D eigenvalue weighted by atomic mass is 10.1. The van der Waals surface area contributed by atoms with Crippen molar-refractivity contribution in [3.05, 3.63) is 0 Å². The van der Waals surface area contributed by atoms with Gasteiger partial charge in [-0.15, -0.1) is 8.75 Å². The SMILES string of the molecule is CC(C)(C)NC[C@H](O)COc1nsnc1N1CCOCC1.CC(C)(C)NC[C@H](O)COc1nsnc1N1CCOCC1. The summed E-state index contributed by atoms with van der Waals surface area (Å²) in [7, 11) is 0. The van der Waals surface area contributed by atoms with E-state index in [1.54, 1.807) is 0 Å². The zero-order valence-electron chi connectivity index (χ0n) is 25.7. The van der Waals surface area contributed by atoms with Crippen LogP contribution in [0.4, 0.5) is 11.6 Å². The minimum atomic E-state index is -0.580. The Morgan fingerprint density at radius 1 is 0.690 bits per heavy atom. The molecule has 16 heteroatoms. The molecule has 2 aromatic heterocycles. The number of nitrogens with one attached hydrogen (secondary N) is 2. The summed E-state index contributed by atoms with van der Waals surface area (Å²) in [5.74, 6) is 2.49. The molecule has 0 spiro atoms. The molecule has 2 aliphatic heterocycles. The molecule has 0 aliphatic carbocycles. The topological polar surface area (TPSA) is 159 Å². The van der Waals surface area contributed by atoms with Crippen LogP contribution in [-0.2, 0) is 9.47 Å². The molecule has 0 unspecified atom stereocenters. The molecule has 42 heavy (non-hydrogen) atoms. The van der Waals surface area contributed by atoms with Crippen LogP contribution < -0.4 is 29.9 Å². The van der Waals surface area contributed by atoms with Crippen molar-refractivity contribution in [2.75, 3.05) is 88.7 Å². The maximum atomic E-state index is 9.95. The van der Waals surface area contributed by atoms with Gasteiger partial charge in [-0.05, 0) is 41.5 Å².